The largest absolute Gasteiger partial charge is 0.416 e. The molecule has 0 fully saturated rings. The number of alkyl halides is 3. The van der Waals surface area contributed by atoms with Crippen LogP contribution in [-0.4, -0.2) is 16.1 Å². The molecule has 100 valence electrons. The van der Waals surface area contributed by atoms with Crippen molar-refractivity contribution in [2.45, 2.75) is 6.18 Å². The maximum Gasteiger partial charge on any atom is 0.416 e. The highest BCUT2D eigenvalue weighted by atomic mass is 19.4. The number of nitrogens with one attached hydrogen (secondary N) is 1. The summed E-state index contributed by atoms with van der Waals surface area (Å²) in [6, 6.07) is 4.91. The number of nitrogens with zero attached hydrogens (tertiary/aromatic N) is 2. The quantitative estimate of drug-likeness (QED) is 0.859. The van der Waals surface area contributed by atoms with E-state index in [1.807, 2.05) is 0 Å². The summed E-state index contributed by atoms with van der Waals surface area (Å²) < 4.78 is 39.1. The van der Waals surface area contributed by atoms with Gasteiger partial charge in [0.25, 0.3) is 0 Å². The summed E-state index contributed by atoms with van der Waals surface area (Å²) in [6.07, 6.45) is 0.597. The van der Waals surface area contributed by atoms with E-state index in [0.29, 0.717) is 18.2 Å². The summed E-state index contributed by atoms with van der Waals surface area (Å²) in [7, 11) is 0. The zero-order valence-corrected chi connectivity index (χ0v) is 9.98. The van der Waals surface area contributed by atoms with E-state index in [1.54, 1.807) is 23.0 Å². The van der Waals surface area contributed by atoms with E-state index in [0.717, 1.165) is 12.1 Å². The predicted molar refractivity (Wildman–Crippen MR) is 67.3 cm³/mol. The molecule has 6 heteroatoms. The predicted octanol–water partition coefficient (Wildman–Crippen LogP) is 3.49. The molecule has 19 heavy (non-hydrogen) atoms. The molecule has 0 amide bonds. The van der Waals surface area contributed by atoms with Crippen LogP contribution in [0, 0.1) is 0 Å². The van der Waals surface area contributed by atoms with Gasteiger partial charge in [-0.3, -0.25) is 4.57 Å². The number of benzene rings is 1. The van der Waals surface area contributed by atoms with Gasteiger partial charge in [-0.05, 0) is 24.3 Å². The molecule has 0 atom stereocenters. The van der Waals surface area contributed by atoms with Crippen molar-refractivity contribution in [3.8, 4) is 5.69 Å². The van der Waals surface area contributed by atoms with E-state index in [2.05, 4.69) is 16.9 Å². The first-order valence-corrected chi connectivity index (χ1v) is 5.58. The van der Waals surface area contributed by atoms with Crippen molar-refractivity contribution in [2.75, 3.05) is 11.9 Å². The van der Waals surface area contributed by atoms with E-state index in [1.165, 1.54) is 12.1 Å². The van der Waals surface area contributed by atoms with Crippen LogP contribution in [0.1, 0.15) is 5.56 Å². The van der Waals surface area contributed by atoms with Gasteiger partial charge in [0.2, 0.25) is 5.95 Å². The zero-order chi connectivity index (χ0) is 13.9. The first kappa shape index (κ1) is 13.2. The third-order valence-electron chi connectivity index (χ3n) is 2.52. The Kier molecular flexibility index (Phi) is 3.59. The number of hydrogen-bond donors (Lipinski definition) is 1. The molecule has 2 rings (SSSR count). The average molecular weight is 267 g/mol. The van der Waals surface area contributed by atoms with Crippen LogP contribution >= 0.6 is 0 Å². The minimum atomic E-state index is -4.32. The SMILES string of the molecule is C=CCNc1nccn1-c1ccc(C(F)(F)F)cc1. The van der Waals surface area contributed by atoms with Crippen LogP contribution < -0.4 is 5.32 Å². The van der Waals surface area contributed by atoms with Crippen molar-refractivity contribution >= 4 is 5.95 Å². The molecule has 0 bridgehead atoms. The lowest BCUT2D eigenvalue weighted by Gasteiger charge is -2.10. The molecule has 0 unspecified atom stereocenters. The average Bonchev–Trinajstić information content (AvgIpc) is 2.83. The summed E-state index contributed by atoms with van der Waals surface area (Å²) in [6.45, 7) is 4.10. The lowest BCUT2D eigenvalue weighted by molar-refractivity contribution is -0.137. The van der Waals surface area contributed by atoms with Gasteiger partial charge in [0.1, 0.15) is 0 Å². The molecule has 0 saturated heterocycles. The lowest BCUT2D eigenvalue weighted by atomic mass is 10.2. The van der Waals surface area contributed by atoms with Crippen LogP contribution in [0.15, 0.2) is 49.3 Å². The van der Waals surface area contributed by atoms with Gasteiger partial charge in [0, 0.05) is 24.6 Å². The van der Waals surface area contributed by atoms with Gasteiger partial charge < -0.3 is 5.32 Å². The molecule has 1 N–H and O–H groups in total. The first-order valence-electron chi connectivity index (χ1n) is 5.58. The molecule has 0 aliphatic heterocycles. The summed E-state index contributed by atoms with van der Waals surface area (Å²) >= 11 is 0. The standard InChI is InChI=1S/C13H12F3N3/c1-2-7-17-12-18-8-9-19(12)11-5-3-10(4-6-11)13(14,15)16/h2-6,8-9H,1,7H2,(H,17,18). The van der Waals surface area contributed by atoms with E-state index >= 15 is 0 Å². The van der Waals surface area contributed by atoms with E-state index < -0.39 is 11.7 Å². The summed E-state index contributed by atoms with van der Waals surface area (Å²) in [4.78, 5) is 4.08. The lowest BCUT2D eigenvalue weighted by Crippen LogP contribution is -2.07. The minimum absolute atomic E-state index is 0.525. The molecule has 1 aromatic heterocycles. The Labute approximate surface area is 108 Å². The van der Waals surface area contributed by atoms with Crippen molar-refractivity contribution in [1.29, 1.82) is 0 Å². The molecule has 1 aromatic carbocycles. The Bertz CT molecular complexity index is 555. The molecule has 0 aliphatic rings. The van der Waals surface area contributed by atoms with Crippen LogP contribution in [0.5, 0.6) is 0 Å². The Morgan fingerprint density at radius 2 is 1.95 bits per heavy atom. The van der Waals surface area contributed by atoms with Crippen molar-refractivity contribution in [2.24, 2.45) is 0 Å². The number of aromatic nitrogens is 2. The smallest absolute Gasteiger partial charge is 0.352 e. The second-order valence-electron chi connectivity index (χ2n) is 3.84. The molecule has 0 saturated carbocycles. The summed E-state index contributed by atoms with van der Waals surface area (Å²) in [5, 5.41) is 3.00. The van der Waals surface area contributed by atoms with Gasteiger partial charge in [-0.25, -0.2) is 4.98 Å². The van der Waals surface area contributed by atoms with E-state index in [4.69, 9.17) is 0 Å². The topological polar surface area (TPSA) is 29.9 Å². The normalized spacial score (nSPS) is 11.3. The monoisotopic (exact) mass is 267 g/mol. The van der Waals surface area contributed by atoms with Gasteiger partial charge in [-0.2, -0.15) is 13.2 Å². The summed E-state index contributed by atoms with van der Waals surface area (Å²) in [5.41, 5.74) is -0.0611. The van der Waals surface area contributed by atoms with Gasteiger partial charge in [-0.1, -0.05) is 6.08 Å². The van der Waals surface area contributed by atoms with Gasteiger partial charge >= 0.3 is 6.18 Å². The van der Waals surface area contributed by atoms with Crippen molar-refractivity contribution in [3.63, 3.8) is 0 Å². The third-order valence-corrected chi connectivity index (χ3v) is 2.52. The van der Waals surface area contributed by atoms with E-state index in [-0.39, 0.29) is 0 Å². The first-order chi connectivity index (χ1) is 9.02. The molecular weight excluding hydrogens is 255 g/mol. The van der Waals surface area contributed by atoms with Gasteiger partial charge in [-0.15, -0.1) is 6.58 Å². The van der Waals surface area contributed by atoms with Crippen molar-refractivity contribution < 1.29 is 13.2 Å². The number of imidazole rings is 1. The third kappa shape index (κ3) is 2.96. The summed E-state index contributed by atoms with van der Waals surface area (Å²) in [5.74, 6) is 0.555. The molecule has 2 aromatic rings. The maximum atomic E-state index is 12.5. The molecule has 0 spiro atoms. The minimum Gasteiger partial charge on any atom is -0.352 e. The van der Waals surface area contributed by atoms with Crippen LogP contribution in [0.25, 0.3) is 5.69 Å². The molecule has 0 aliphatic carbocycles. The fourth-order valence-corrected chi connectivity index (χ4v) is 1.62. The van der Waals surface area contributed by atoms with Crippen molar-refractivity contribution in [3.05, 3.63) is 54.9 Å². The van der Waals surface area contributed by atoms with Crippen LogP contribution in [0.2, 0.25) is 0 Å². The van der Waals surface area contributed by atoms with Crippen LogP contribution in [0.4, 0.5) is 19.1 Å². The van der Waals surface area contributed by atoms with E-state index in [9.17, 15) is 13.2 Å². The molecule has 1 heterocycles. The van der Waals surface area contributed by atoms with Crippen LogP contribution in [-0.2, 0) is 6.18 Å². The molecular formula is C13H12F3N3. The number of anilines is 1. The van der Waals surface area contributed by atoms with Gasteiger partial charge in [0.05, 0.1) is 5.56 Å². The Hall–Kier alpha value is -2.24. The van der Waals surface area contributed by atoms with Gasteiger partial charge in [0.15, 0.2) is 0 Å². The van der Waals surface area contributed by atoms with Crippen molar-refractivity contribution in [1.82, 2.24) is 9.55 Å². The number of hydrogen-bond acceptors (Lipinski definition) is 2. The Balaban J connectivity index is 2.27. The number of halogens is 3. The second-order valence-corrected chi connectivity index (χ2v) is 3.84. The fourth-order valence-electron chi connectivity index (χ4n) is 1.62. The maximum absolute atomic E-state index is 12.5. The Morgan fingerprint density at radius 1 is 1.26 bits per heavy atom. The fraction of sp³-hybridized carbons (Fsp3) is 0.154. The van der Waals surface area contributed by atoms with Crippen LogP contribution in [0.3, 0.4) is 0 Å². The highest BCUT2D eigenvalue weighted by molar-refractivity contribution is 5.43. The second kappa shape index (κ2) is 5.17. The zero-order valence-electron chi connectivity index (χ0n) is 9.98. The number of rotatable bonds is 4. The highest BCUT2D eigenvalue weighted by Crippen LogP contribution is 2.29. The molecule has 0 radical (unpaired) electrons. The molecule has 3 nitrogen and oxygen atoms in total. The Morgan fingerprint density at radius 3 is 2.53 bits per heavy atom. The highest BCUT2D eigenvalue weighted by Gasteiger charge is 2.30.